The Hall–Kier alpha value is -1.84. The van der Waals surface area contributed by atoms with Gasteiger partial charge in [-0.3, -0.25) is 4.79 Å². The quantitative estimate of drug-likeness (QED) is 0.731. The summed E-state index contributed by atoms with van der Waals surface area (Å²) >= 11 is 5.89. The van der Waals surface area contributed by atoms with Gasteiger partial charge in [0.25, 0.3) is 0 Å². The summed E-state index contributed by atoms with van der Waals surface area (Å²) in [5.41, 5.74) is 3.35. The van der Waals surface area contributed by atoms with Crippen molar-refractivity contribution in [1.82, 2.24) is 4.90 Å². The molecule has 0 unspecified atom stereocenters. The molecule has 3 nitrogen and oxygen atoms in total. The van der Waals surface area contributed by atoms with Crippen molar-refractivity contribution in [3.05, 3.63) is 59.1 Å². The molecule has 0 aromatic heterocycles. The van der Waals surface area contributed by atoms with Crippen LogP contribution in [0.15, 0.2) is 48.5 Å². The SMILES string of the molecule is COCCN(C=O)Cc1ccc(-c2ccc(Cl)cc2)cc1. The zero-order chi connectivity index (χ0) is 15.1. The first-order chi connectivity index (χ1) is 10.2. The molecule has 0 aliphatic rings. The highest BCUT2D eigenvalue weighted by atomic mass is 35.5. The van der Waals surface area contributed by atoms with Crippen LogP contribution in [-0.4, -0.2) is 31.6 Å². The Morgan fingerprint density at radius 2 is 1.62 bits per heavy atom. The molecule has 0 radical (unpaired) electrons. The molecule has 0 atom stereocenters. The van der Waals surface area contributed by atoms with Crippen LogP contribution in [-0.2, 0) is 16.1 Å². The highest BCUT2D eigenvalue weighted by Gasteiger charge is 2.04. The standard InChI is InChI=1S/C17H18ClNO2/c1-21-11-10-19(13-20)12-14-2-4-15(5-3-14)16-6-8-17(18)9-7-16/h2-9,13H,10-12H2,1H3. The molecule has 2 aromatic carbocycles. The van der Waals surface area contributed by atoms with E-state index >= 15 is 0 Å². The van der Waals surface area contributed by atoms with Gasteiger partial charge in [0.1, 0.15) is 0 Å². The maximum atomic E-state index is 11.0. The zero-order valence-corrected chi connectivity index (χ0v) is 12.7. The van der Waals surface area contributed by atoms with Crippen molar-refractivity contribution in [1.29, 1.82) is 0 Å². The molecule has 0 spiro atoms. The molecule has 110 valence electrons. The number of carbonyl (C=O) groups excluding carboxylic acids is 1. The van der Waals surface area contributed by atoms with Crippen molar-refractivity contribution in [3.63, 3.8) is 0 Å². The first-order valence-corrected chi connectivity index (χ1v) is 7.14. The Bertz CT molecular complexity index is 566. The van der Waals surface area contributed by atoms with E-state index in [1.807, 2.05) is 36.4 Å². The molecule has 0 heterocycles. The Labute approximate surface area is 130 Å². The molecule has 0 bridgehead atoms. The van der Waals surface area contributed by atoms with Gasteiger partial charge in [0.15, 0.2) is 0 Å². The molecule has 1 amide bonds. The highest BCUT2D eigenvalue weighted by molar-refractivity contribution is 6.30. The molecule has 2 aromatic rings. The third kappa shape index (κ3) is 4.59. The number of methoxy groups -OCH3 is 1. The van der Waals surface area contributed by atoms with Crippen molar-refractivity contribution in [3.8, 4) is 11.1 Å². The van der Waals surface area contributed by atoms with Crippen LogP contribution in [0.3, 0.4) is 0 Å². The van der Waals surface area contributed by atoms with E-state index in [1.54, 1.807) is 12.0 Å². The molecule has 0 fully saturated rings. The maximum absolute atomic E-state index is 11.0. The summed E-state index contributed by atoms with van der Waals surface area (Å²) in [6.07, 6.45) is 0.853. The summed E-state index contributed by atoms with van der Waals surface area (Å²) in [5, 5.41) is 0.732. The van der Waals surface area contributed by atoms with E-state index in [9.17, 15) is 4.79 Å². The van der Waals surface area contributed by atoms with E-state index in [1.165, 1.54) is 0 Å². The molecule has 0 aliphatic heterocycles. The first-order valence-electron chi connectivity index (χ1n) is 6.76. The van der Waals surface area contributed by atoms with Gasteiger partial charge >= 0.3 is 0 Å². The number of halogens is 1. The lowest BCUT2D eigenvalue weighted by atomic mass is 10.0. The highest BCUT2D eigenvalue weighted by Crippen LogP contribution is 2.22. The van der Waals surface area contributed by atoms with E-state index in [0.717, 1.165) is 28.1 Å². The summed E-state index contributed by atoms with van der Waals surface area (Å²) in [7, 11) is 1.63. The fourth-order valence-corrected chi connectivity index (χ4v) is 2.18. The van der Waals surface area contributed by atoms with Gasteiger partial charge in [-0.1, -0.05) is 48.0 Å². The molecular weight excluding hydrogens is 286 g/mol. The minimum atomic E-state index is 0.543. The third-order valence-electron chi connectivity index (χ3n) is 3.25. The monoisotopic (exact) mass is 303 g/mol. The second-order valence-corrected chi connectivity index (χ2v) is 5.21. The fraction of sp³-hybridized carbons (Fsp3) is 0.235. The van der Waals surface area contributed by atoms with E-state index in [0.29, 0.717) is 19.7 Å². The summed E-state index contributed by atoms with van der Waals surface area (Å²) in [6, 6.07) is 15.9. The number of ether oxygens (including phenoxy) is 1. The van der Waals surface area contributed by atoms with Gasteiger partial charge < -0.3 is 9.64 Å². The van der Waals surface area contributed by atoms with Crippen molar-refractivity contribution >= 4 is 18.0 Å². The van der Waals surface area contributed by atoms with Gasteiger partial charge in [-0.2, -0.15) is 0 Å². The molecule has 4 heteroatoms. The number of carbonyl (C=O) groups is 1. The van der Waals surface area contributed by atoms with Gasteiger partial charge in [-0.05, 0) is 28.8 Å². The van der Waals surface area contributed by atoms with Gasteiger partial charge in [0.05, 0.1) is 6.61 Å². The van der Waals surface area contributed by atoms with Gasteiger partial charge in [-0.25, -0.2) is 0 Å². The first kappa shape index (κ1) is 15.5. The van der Waals surface area contributed by atoms with Gasteiger partial charge in [-0.15, -0.1) is 0 Å². The Morgan fingerprint density at radius 3 is 2.14 bits per heavy atom. The van der Waals surface area contributed by atoms with E-state index in [4.69, 9.17) is 16.3 Å². The van der Waals surface area contributed by atoms with Crippen LogP contribution in [0.2, 0.25) is 5.02 Å². The van der Waals surface area contributed by atoms with Crippen molar-refractivity contribution in [2.45, 2.75) is 6.54 Å². The van der Waals surface area contributed by atoms with Crippen LogP contribution in [0, 0.1) is 0 Å². The summed E-state index contributed by atoms with van der Waals surface area (Å²) in [4.78, 5) is 12.7. The number of amides is 1. The second-order valence-electron chi connectivity index (χ2n) is 4.77. The number of hydrogen-bond acceptors (Lipinski definition) is 2. The number of benzene rings is 2. The molecule has 21 heavy (non-hydrogen) atoms. The topological polar surface area (TPSA) is 29.5 Å². The van der Waals surface area contributed by atoms with Crippen molar-refractivity contribution in [2.24, 2.45) is 0 Å². The second kappa shape index (κ2) is 7.81. The molecular formula is C17H18ClNO2. The van der Waals surface area contributed by atoms with Crippen molar-refractivity contribution < 1.29 is 9.53 Å². The fourth-order valence-electron chi connectivity index (χ4n) is 2.06. The number of nitrogens with zero attached hydrogens (tertiary/aromatic N) is 1. The lowest BCUT2D eigenvalue weighted by molar-refractivity contribution is -0.119. The third-order valence-corrected chi connectivity index (χ3v) is 3.50. The van der Waals surface area contributed by atoms with E-state index in [-0.39, 0.29) is 0 Å². The minimum absolute atomic E-state index is 0.543. The molecule has 0 aliphatic carbocycles. The normalized spacial score (nSPS) is 10.4. The van der Waals surface area contributed by atoms with Crippen molar-refractivity contribution in [2.75, 3.05) is 20.3 Å². The molecule has 2 rings (SSSR count). The maximum Gasteiger partial charge on any atom is 0.210 e. The smallest absolute Gasteiger partial charge is 0.210 e. The summed E-state index contributed by atoms with van der Waals surface area (Å²) < 4.78 is 4.99. The van der Waals surface area contributed by atoms with Crippen LogP contribution >= 0.6 is 11.6 Å². The predicted molar refractivity (Wildman–Crippen MR) is 85.2 cm³/mol. The molecule has 0 saturated heterocycles. The Balaban J connectivity index is 2.04. The van der Waals surface area contributed by atoms with Crippen LogP contribution in [0.4, 0.5) is 0 Å². The summed E-state index contributed by atoms with van der Waals surface area (Å²) in [5.74, 6) is 0. The number of rotatable bonds is 7. The largest absolute Gasteiger partial charge is 0.383 e. The van der Waals surface area contributed by atoms with E-state index in [2.05, 4.69) is 12.1 Å². The Morgan fingerprint density at radius 1 is 1.05 bits per heavy atom. The van der Waals surface area contributed by atoms with Crippen LogP contribution in [0.5, 0.6) is 0 Å². The Kier molecular flexibility index (Phi) is 5.78. The summed E-state index contributed by atoms with van der Waals surface area (Å²) in [6.45, 7) is 1.73. The zero-order valence-electron chi connectivity index (χ0n) is 12.0. The average Bonchev–Trinajstić information content (AvgIpc) is 2.53. The van der Waals surface area contributed by atoms with Gasteiger partial charge in [0, 0.05) is 25.2 Å². The minimum Gasteiger partial charge on any atom is -0.383 e. The molecule has 0 saturated carbocycles. The lowest BCUT2D eigenvalue weighted by Crippen LogP contribution is -2.25. The molecule has 0 N–H and O–H groups in total. The average molecular weight is 304 g/mol. The number of hydrogen-bond donors (Lipinski definition) is 0. The van der Waals surface area contributed by atoms with Crippen LogP contribution < -0.4 is 0 Å². The lowest BCUT2D eigenvalue weighted by Gasteiger charge is -2.17. The van der Waals surface area contributed by atoms with Crippen LogP contribution in [0.1, 0.15) is 5.56 Å². The van der Waals surface area contributed by atoms with E-state index < -0.39 is 0 Å². The van der Waals surface area contributed by atoms with Crippen LogP contribution in [0.25, 0.3) is 11.1 Å². The van der Waals surface area contributed by atoms with Gasteiger partial charge in [0.2, 0.25) is 6.41 Å². The predicted octanol–water partition coefficient (Wildman–Crippen LogP) is 3.61.